The molecule has 0 saturated carbocycles. The molecule has 6 N–H and O–H groups in total. The second-order valence-corrected chi connectivity index (χ2v) is 2.77. The Morgan fingerprint density at radius 3 is 1.00 bits per heavy atom. The third-order valence-electron chi connectivity index (χ3n) is 1.29. The molecule has 0 rings (SSSR count). The van der Waals surface area contributed by atoms with E-state index >= 15 is 0 Å². The molecule has 0 saturated heterocycles. The molecule has 0 fully saturated rings. The zero-order valence-corrected chi connectivity index (χ0v) is 9.63. The van der Waals surface area contributed by atoms with Gasteiger partial charge in [-0.25, -0.2) is 4.90 Å². The lowest BCUT2D eigenvalue weighted by Gasteiger charge is -2.11. The Kier molecular flexibility index (Phi) is 7.32. The lowest BCUT2D eigenvalue weighted by atomic mass is 10.4. The van der Waals surface area contributed by atoms with Gasteiger partial charge in [-0.1, -0.05) is 0 Å². The zero-order chi connectivity index (χ0) is 15.0. The molecule has 100 valence electrons. The molecule has 0 atom stereocenters. The molecular weight excluding hydrogens is 248 g/mol. The maximum absolute atomic E-state index is 10.7. The number of nitrogens with zero attached hydrogens (tertiary/aromatic N) is 1. The molecule has 18 heavy (non-hydrogen) atoms. The number of imide groups is 3. The van der Waals surface area contributed by atoms with Crippen molar-refractivity contribution in [1.29, 1.82) is 0 Å². The van der Waals surface area contributed by atoms with Crippen molar-refractivity contribution < 1.29 is 28.8 Å². The molecule has 6 amide bonds. The molecule has 0 aromatic rings. The summed E-state index contributed by atoms with van der Waals surface area (Å²) in [5.74, 6) is -6.50. The fraction of sp³-hybridized carbons (Fsp3) is 0.250. The maximum atomic E-state index is 10.7. The van der Waals surface area contributed by atoms with Gasteiger partial charge in [-0.05, 0) is 0 Å². The first-order chi connectivity index (χ1) is 8.02. The summed E-state index contributed by atoms with van der Waals surface area (Å²) in [7, 11) is 0. The van der Waals surface area contributed by atoms with Crippen LogP contribution in [0.4, 0.5) is 0 Å². The van der Waals surface area contributed by atoms with Gasteiger partial charge in [-0.15, -0.1) is 0 Å². The van der Waals surface area contributed by atoms with E-state index in [1.165, 1.54) is 0 Å². The van der Waals surface area contributed by atoms with E-state index in [2.05, 4.69) is 17.2 Å². The molecule has 0 aromatic carbocycles. The Bertz CT molecular complexity index is 390. The Hall–Kier alpha value is -2.78. The summed E-state index contributed by atoms with van der Waals surface area (Å²) in [4.78, 5) is 61.3. The van der Waals surface area contributed by atoms with Crippen LogP contribution in [0.5, 0.6) is 0 Å². The summed E-state index contributed by atoms with van der Waals surface area (Å²) in [6.45, 7) is 1.98. The predicted molar refractivity (Wildman–Crippen MR) is 55.8 cm³/mol. The van der Waals surface area contributed by atoms with Gasteiger partial charge in [0.25, 0.3) is 0 Å². The minimum absolute atomic E-state index is 0.183. The van der Waals surface area contributed by atoms with Crippen molar-refractivity contribution in [2.45, 2.75) is 13.8 Å². The van der Waals surface area contributed by atoms with Crippen LogP contribution in [-0.4, -0.2) is 40.3 Å². The van der Waals surface area contributed by atoms with Crippen LogP contribution in [0.25, 0.3) is 0 Å². The lowest BCUT2D eigenvalue weighted by Crippen LogP contribution is -2.45. The van der Waals surface area contributed by atoms with Gasteiger partial charge in [0.05, 0.1) is 0 Å². The largest absolute Gasteiger partial charge is 0.361 e. The summed E-state index contributed by atoms with van der Waals surface area (Å²) in [5, 5.41) is 0. The van der Waals surface area contributed by atoms with Gasteiger partial charge in [-0.2, -0.15) is 0 Å². The number of primary amides is 3. The molecule has 0 unspecified atom stereocenters. The third-order valence-corrected chi connectivity index (χ3v) is 1.29. The SMILES string of the molecule is CC(=O)N(C(C)=O)C(=O)C(N)=O.NC(=O)C(N)=O. The van der Waals surface area contributed by atoms with Gasteiger partial charge in [0.2, 0.25) is 11.8 Å². The van der Waals surface area contributed by atoms with Gasteiger partial charge in [-0.3, -0.25) is 28.8 Å². The molecular formula is C8H12N4O6. The number of amides is 6. The summed E-state index contributed by atoms with van der Waals surface area (Å²) < 4.78 is 0. The van der Waals surface area contributed by atoms with Crippen LogP contribution in [0.1, 0.15) is 13.8 Å². The van der Waals surface area contributed by atoms with Gasteiger partial charge < -0.3 is 17.2 Å². The minimum Gasteiger partial charge on any atom is -0.361 e. The van der Waals surface area contributed by atoms with Crippen molar-refractivity contribution in [1.82, 2.24) is 4.90 Å². The van der Waals surface area contributed by atoms with Crippen molar-refractivity contribution >= 4 is 35.4 Å². The fourth-order valence-corrected chi connectivity index (χ4v) is 0.618. The number of hydrogen-bond acceptors (Lipinski definition) is 6. The molecule has 0 radical (unpaired) electrons. The van der Waals surface area contributed by atoms with E-state index in [0.717, 1.165) is 13.8 Å². The summed E-state index contributed by atoms with van der Waals surface area (Å²) in [6.07, 6.45) is 0. The highest BCUT2D eigenvalue weighted by Crippen LogP contribution is 1.91. The number of carbonyl (C=O) groups excluding carboxylic acids is 6. The van der Waals surface area contributed by atoms with Crippen molar-refractivity contribution in [2.75, 3.05) is 0 Å². The van der Waals surface area contributed by atoms with Gasteiger partial charge in [0.15, 0.2) is 0 Å². The molecule has 0 spiro atoms. The molecule has 0 aliphatic carbocycles. The molecule has 10 heteroatoms. The van der Waals surface area contributed by atoms with Gasteiger partial charge in [0.1, 0.15) is 0 Å². The zero-order valence-electron chi connectivity index (χ0n) is 9.63. The van der Waals surface area contributed by atoms with E-state index in [0.29, 0.717) is 0 Å². The molecule has 10 nitrogen and oxygen atoms in total. The van der Waals surface area contributed by atoms with Crippen molar-refractivity contribution in [3.63, 3.8) is 0 Å². The molecule has 0 aromatic heterocycles. The quantitative estimate of drug-likeness (QED) is 0.377. The highest BCUT2D eigenvalue weighted by molar-refractivity contribution is 6.40. The summed E-state index contributed by atoms with van der Waals surface area (Å²) in [5.41, 5.74) is 13.2. The first kappa shape index (κ1) is 17.6. The Morgan fingerprint density at radius 2 is 0.944 bits per heavy atom. The van der Waals surface area contributed by atoms with E-state index in [1.807, 2.05) is 0 Å². The molecule has 0 aliphatic heterocycles. The third kappa shape index (κ3) is 6.66. The number of nitrogens with two attached hydrogens (primary N) is 3. The first-order valence-corrected chi connectivity index (χ1v) is 4.26. The second kappa shape index (κ2) is 7.49. The van der Waals surface area contributed by atoms with Crippen molar-refractivity contribution in [2.24, 2.45) is 17.2 Å². The van der Waals surface area contributed by atoms with Crippen LogP contribution in [0.15, 0.2) is 0 Å². The predicted octanol–water partition coefficient (Wildman–Crippen LogP) is -3.65. The van der Waals surface area contributed by atoms with Gasteiger partial charge in [0, 0.05) is 13.8 Å². The van der Waals surface area contributed by atoms with Crippen LogP contribution < -0.4 is 17.2 Å². The van der Waals surface area contributed by atoms with Gasteiger partial charge >= 0.3 is 23.6 Å². The highest BCUT2D eigenvalue weighted by Gasteiger charge is 2.26. The average molecular weight is 260 g/mol. The lowest BCUT2D eigenvalue weighted by molar-refractivity contribution is -0.156. The van der Waals surface area contributed by atoms with Crippen LogP contribution >= 0.6 is 0 Å². The Balaban J connectivity index is 0. The number of carbonyl (C=O) groups is 6. The smallest absolute Gasteiger partial charge is 0.325 e. The highest BCUT2D eigenvalue weighted by atomic mass is 16.2. The number of hydrogen-bond donors (Lipinski definition) is 3. The van der Waals surface area contributed by atoms with Crippen molar-refractivity contribution in [3.8, 4) is 0 Å². The summed E-state index contributed by atoms with van der Waals surface area (Å²) in [6, 6.07) is 0. The normalized spacial score (nSPS) is 8.33. The number of rotatable bonds is 0. The first-order valence-electron chi connectivity index (χ1n) is 4.26. The molecule has 0 bridgehead atoms. The molecule has 0 aliphatic rings. The second-order valence-electron chi connectivity index (χ2n) is 2.77. The summed E-state index contributed by atoms with van der Waals surface area (Å²) >= 11 is 0. The van der Waals surface area contributed by atoms with Crippen LogP contribution in [0.3, 0.4) is 0 Å². The topological polar surface area (TPSA) is 184 Å². The van der Waals surface area contributed by atoms with E-state index in [9.17, 15) is 28.8 Å². The minimum atomic E-state index is -1.33. The van der Waals surface area contributed by atoms with E-state index in [1.54, 1.807) is 0 Å². The Labute approximate surface area is 101 Å². The van der Waals surface area contributed by atoms with E-state index < -0.39 is 35.4 Å². The van der Waals surface area contributed by atoms with E-state index in [4.69, 9.17) is 0 Å². The maximum Gasteiger partial charge on any atom is 0.325 e. The molecule has 0 heterocycles. The van der Waals surface area contributed by atoms with Crippen molar-refractivity contribution in [3.05, 3.63) is 0 Å². The van der Waals surface area contributed by atoms with Crippen LogP contribution in [0.2, 0.25) is 0 Å². The monoisotopic (exact) mass is 260 g/mol. The van der Waals surface area contributed by atoms with Crippen LogP contribution in [-0.2, 0) is 28.8 Å². The standard InChI is InChI=1S/C6H8N2O4.C2H4N2O2/c1-3(9)8(4(2)10)6(12)5(7)11;3-1(5)2(4)6/h1-2H3,(H2,7,11);(H2,3,5)(H2,4,6). The average Bonchev–Trinajstić information content (AvgIpc) is 2.16. The Morgan fingerprint density at radius 1 is 0.667 bits per heavy atom. The van der Waals surface area contributed by atoms with E-state index in [-0.39, 0.29) is 4.90 Å². The fourth-order valence-electron chi connectivity index (χ4n) is 0.618. The van der Waals surface area contributed by atoms with Crippen LogP contribution in [0, 0.1) is 0 Å².